The molecule has 0 spiro atoms. The Morgan fingerprint density at radius 2 is 2.43 bits per heavy atom. The molecule has 4 nitrogen and oxygen atoms in total. The third-order valence-electron chi connectivity index (χ3n) is 1.87. The molecule has 1 aromatic rings. The number of methoxy groups -OCH3 is 1. The summed E-state index contributed by atoms with van der Waals surface area (Å²) in [6.07, 6.45) is 5.54. The summed E-state index contributed by atoms with van der Waals surface area (Å²) in [6.45, 7) is 0.489. The van der Waals surface area contributed by atoms with Crippen LogP contribution in [0.1, 0.15) is 16.1 Å². The van der Waals surface area contributed by atoms with Crippen LogP contribution in [0.3, 0.4) is 0 Å². The van der Waals surface area contributed by atoms with Gasteiger partial charge in [-0.3, -0.25) is 0 Å². The number of rotatable bonds is 3. The SMILES string of the molecule is COC(=O)c1cc(/C=C/CN)cn1C. The number of aromatic nitrogens is 1. The van der Waals surface area contributed by atoms with Crippen LogP contribution >= 0.6 is 0 Å². The molecule has 0 aliphatic heterocycles. The van der Waals surface area contributed by atoms with Gasteiger partial charge in [-0.1, -0.05) is 12.2 Å². The van der Waals surface area contributed by atoms with E-state index in [0.717, 1.165) is 5.56 Å². The maximum absolute atomic E-state index is 11.2. The van der Waals surface area contributed by atoms with Gasteiger partial charge in [-0.2, -0.15) is 0 Å². The van der Waals surface area contributed by atoms with Crippen LogP contribution in [0.4, 0.5) is 0 Å². The first-order chi connectivity index (χ1) is 6.69. The molecule has 2 N–H and O–H groups in total. The van der Waals surface area contributed by atoms with Crippen molar-refractivity contribution in [3.63, 3.8) is 0 Å². The molecule has 1 rings (SSSR count). The van der Waals surface area contributed by atoms with Crippen molar-refractivity contribution in [2.24, 2.45) is 12.8 Å². The normalized spacial score (nSPS) is 10.8. The van der Waals surface area contributed by atoms with E-state index < -0.39 is 0 Å². The molecule has 14 heavy (non-hydrogen) atoms. The Morgan fingerprint density at radius 3 is 3.00 bits per heavy atom. The minimum Gasteiger partial charge on any atom is -0.464 e. The molecular weight excluding hydrogens is 180 g/mol. The summed E-state index contributed by atoms with van der Waals surface area (Å²) < 4.78 is 6.35. The first-order valence-electron chi connectivity index (χ1n) is 4.30. The van der Waals surface area contributed by atoms with E-state index in [-0.39, 0.29) is 5.97 Å². The molecule has 0 bridgehead atoms. The summed E-state index contributed by atoms with van der Waals surface area (Å²) >= 11 is 0. The maximum atomic E-state index is 11.2. The molecule has 4 heteroatoms. The summed E-state index contributed by atoms with van der Waals surface area (Å²) in [5.41, 5.74) is 6.80. The highest BCUT2D eigenvalue weighted by Gasteiger charge is 2.09. The van der Waals surface area contributed by atoms with Crippen molar-refractivity contribution in [1.29, 1.82) is 0 Å². The third kappa shape index (κ3) is 2.23. The Bertz CT molecular complexity index is 353. The molecule has 1 aromatic heterocycles. The van der Waals surface area contributed by atoms with E-state index in [1.165, 1.54) is 7.11 Å². The first-order valence-corrected chi connectivity index (χ1v) is 4.30. The molecule has 76 valence electrons. The third-order valence-corrected chi connectivity index (χ3v) is 1.87. The number of hydrogen-bond donors (Lipinski definition) is 1. The second kappa shape index (κ2) is 4.62. The van der Waals surface area contributed by atoms with Gasteiger partial charge >= 0.3 is 5.97 Å². The molecule has 0 unspecified atom stereocenters. The fourth-order valence-corrected chi connectivity index (χ4v) is 1.19. The van der Waals surface area contributed by atoms with Crippen LogP contribution in [0.2, 0.25) is 0 Å². The van der Waals surface area contributed by atoms with Gasteiger partial charge in [0.1, 0.15) is 5.69 Å². The van der Waals surface area contributed by atoms with E-state index in [1.54, 1.807) is 17.7 Å². The van der Waals surface area contributed by atoms with Crippen LogP contribution in [0.25, 0.3) is 6.08 Å². The van der Waals surface area contributed by atoms with Crippen LogP contribution in [0, 0.1) is 0 Å². The predicted octanol–water partition coefficient (Wildman–Crippen LogP) is 0.784. The molecule has 0 aliphatic carbocycles. The van der Waals surface area contributed by atoms with Crippen molar-refractivity contribution in [1.82, 2.24) is 4.57 Å². The second-order valence-electron chi connectivity index (χ2n) is 2.90. The summed E-state index contributed by atoms with van der Waals surface area (Å²) in [7, 11) is 3.16. The van der Waals surface area contributed by atoms with Gasteiger partial charge < -0.3 is 15.0 Å². The van der Waals surface area contributed by atoms with Crippen molar-refractivity contribution < 1.29 is 9.53 Å². The number of aryl methyl sites for hydroxylation is 1. The van der Waals surface area contributed by atoms with Crippen LogP contribution in [-0.2, 0) is 11.8 Å². The zero-order valence-corrected chi connectivity index (χ0v) is 8.36. The Kier molecular flexibility index (Phi) is 3.48. The Labute approximate surface area is 83.0 Å². The summed E-state index contributed by atoms with van der Waals surface area (Å²) in [6, 6.07) is 1.76. The van der Waals surface area contributed by atoms with E-state index in [9.17, 15) is 4.79 Å². The van der Waals surface area contributed by atoms with E-state index in [4.69, 9.17) is 5.73 Å². The lowest BCUT2D eigenvalue weighted by Crippen LogP contribution is -2.06. The lowest BCUT2D eigenvalue weighted by Gasteiger charge is -1.98. The Morgan fingerprint density at radius 1 is 1.71 bits per heavy atom. The van der Waals surface area contributed by atoms with Gasteiger partial charge in [0.25, 0.3) is 0 Å². The van der Waals surface area contributed by atoms with Crippen LogP contribution < -0.4 is 5.73 Å². The molecule has 0 saturated carbocycles. The van der Waals surface area contributed by atoms with Crippen molar-refractivity contribution in [2.45, 2.75) is 0 Å². The molecule has 0 radical (unpaired) electrons. The van der Waals surface area contributed by atoms with Crippen LogP contribution in [0.5, 0.6) is 0 Å². The minimum atomic E-state index is -0.333. The minimum absolute atomic E-state index is 0.333. The monoisotopic (exact) mass is 194 g/mol. The van der Waals surface area contributed by atoms with E-state index in [2.05, 4.69) is 4.74 Å². The van der Waals surface area contributed by atoms with Crippen LogP contribution in [-0.4, -0.2) is 24.2 Å². The summed E-state index contributed by atoms with van der Waals surface area (Å²) in [4.78, 5) is 11.2. The smallest absolute Gasteiger partial charge is 0.354 e. The highest BCUT2D eigenvalue weighted by atomic mass is 16.5. The number of nitrogens with zero attached hydrogens (tertiary/aromatic N) is 1. The molecular formula is C10H14N2O2. The van der Waals surface area contributed by atoms with E-state index in [0.29, 0.717) is 12.2 Å². The zero-order valence-electron chi connectivity index (χ0n) is 8.36. The van der Waals surface area contributed by atoms with Crippen molar-refractivity contribution in [2.75, 3.05) is 13.7 Å². The van der Waals surface area contributed by atoms with Gasteiger partial charge in [-0.25, -0.2) is 4.79 Å². The lowest BCUT2D eigenvalue weighted by molar-refractivity contribution is 0.0590. The molecule has 0 aromatic carbocycles. The van der Waals surface area contributed by atoms with E-state index in [1.807, 2.05) is 18.3 Å². The first kappa shape index (κ1) is 10.5. The highest BCUT2D eigenvalue weighted by Crippen LogP contribution is 2.09. The maximum Gasteiger partial charge on any atom is 0.354 e. The Hall–Kier alpha value is -1.55. The van der Waals surface area contributed by atoms with E-state index >= 15 is 0 Å². The summed E-state index contributed by atoms with van der Waals surface area (Å²) in [5.74, 6) is -0.333. The quantitative estimate of drug-likeness (QED) is 0.723. The molecule has 0 amide bonds. The lowest BCUT2D eigenvalue weighted by atomic mass is 10.3. The fourth-order valence-electron chi connectivity index (χ4n) is 1.19. The summed E-state index contributed by atoms with van der Waals surface area (Å²) in [5, 5.41) is 0. The fraction of sp³-hybridized carbons (Fsp3) is 0.300. The largest absolute Gasteiger partial charge is 0.464 e. The average molecular weight is 194 g/mol. The van der Waals surface area contributed by atoms with Gasteiger partial charge in [0.2, 0.25) is 0 Å². The topological polar surface area (TPSA) is 57.2 Å². The van der Waals surface area contributed by atoms with Gasteiger partial charge in [-0.05, 0) is 11.6 Å². The van der Waals surface area contributed by atoms with Crippen molar-refractivity contribution >= 4 is 12.0 Å². The number of carbonyl (C=O) groups is 1. The molecule has 1 heterocycles. The van der Waals surface area contributed by atoms with Gasteiger partial charge in [0, 0.05) is 19.8 Å². The zero-order chi connectivity index (χ0) is 10.6. The van der Waals surface area contributed by atoms with Gasteiger partial charge in [0.15, 0.2) is 0 Å². The highest BCUT2D eigenvalue weighted by molar-refractivity contribution is 5.88. The number of esters is 1. The number of carbonyl (C=O) groups excluding carboxylic acids is 1. The molecule has 0 saturated heterocycles. The van der Waals surface area contributed by atoms with Gasteiger partial charge in [0.05, 0.1) is 7.11 Å². The molecule has 0 aliphatic rings. The average Bonchev–Trinajstić information content (AvgIpc) is 2.55. The molecule has 0 atom stereocenters. The second-order valence-corrected chi connectivity index (χ2v) is 2.90. The number of hydrogen-bond acceptors (Lipinski definition) is 3. The number of nitrogens with two attached hydrogens (primary N) is 1. The Balaban J connectivity index is 2.93. The van der Waals surface area contributed by atoms with Crippen LogP contribution in [0.15, 0.2) is 18.3 Å². The molecule has 0 fully saturated rings. The number of ether oxygens (including phenoxy) is 1. The van der Waals surface area contributed by atoms with Crippen molar-refractivity contribution in [3.8, 4) is 0 Å². The predicted molar refractivity (Wildman–Crippen MR) is 54.8 cm³/mol. The van der Waals surface area contributed by atoms with Crippen molar-refractivity contribution in [3.05, 3.63) is 29.6 Å². The standard InChI is InChI=1S/C10H14N2O2/c1-12-7-8(4-3-5-11)6-9(12)10(13)14-2/h3-4,6-7H,5,11H2,1-2H3/b4-3+. The van der Waals surface area contributed by atoms with Gasteiger partial charge in [-0.15, -0.1) is 0 Å².